The van der Waals surface area contributed by atoms with Crippen LogP contribution in [-0.2, 0) is 0 Å². The van der Waals surface area contributed by atoms with Gasteiger partial charge >= 0.3 is 0 Å². The summed E-state index contributed by atoms with van der Waals surface area (Å²) in [5, 5.41) is 5.75. The Hall–Kier alpha value is -0.320. The number of hydrogen-bond donors (Lipinski definition) is 1. The van der Waals surface area contributed by atoms with Gasteiger partial charge < -0.3 is 5.32 Å². The number of benzene rings is 1. The van der Waals surface area contributed by atoms with E-state index in [2.05, 4.69) is 86.7 Å². The number of nitrogens with one attached hydrogen (secondary N) is 1. The van der Waals surface area contributed by atoms with E-state index in [0.717, 1.165) is 14.6 Å². The molecule has 0 saturated heterocycles. The van der Waals surface area contributed by atoms with Crippen LogP contribution in [0.2, 0.25) is 0 Å². The lowest BCUT2D eigenvalue weighted by Crippen LogP contribution is -2.15. The summed E-state index contributed by atoms with van der Waals surface area (Å²) in [6.45, 7) is 4.48. The molecule has 0 saturated carbocycles. The minimum atomic E-state index is 0.350. The third-order valence-corrected chi connectivity index (χ3v) is 4.86. The molecule has 1 aromatic carbocycles. The summed E-state index contributed by atoms with van der Waals surface area (Å²) in [5.74, 6) is 0.541. The van der Waals surface area contributed by atoms with E-state index in [0.29, 0.717) is 12.0 Å². The van der Waals surface area contributed by atoms with Crippen LogP contribution in [0.4, 0.5) is 5.69 Å². The van der Waals surface area contributed by atoms with Crippen LogP contribution in [0.1, 0.15) is 24.8 Å². The van der Waals surface area contributed by atoms with Crippen molar-refractivity contribution in [2.45, 2.75) is 19.9 Å². The summed E-state index contributed by atoms with van der Waals surface area (Å²) in [6.07, 6.45) is 0. The standard InChI is InChI=1S/C14H15Br2NS/c1-9(2)14(13-4-3-7-18-13)17-12-6-5-10(15)8-11(12)16/h3-9,14,17H,1-2H3. The van der Waals surface area contributed by atoms with E-state index >= 15 is 0 Å². The molecule has 0 fully saturated rings. The van der Waals surface area contributed by atoms with Crippen LogP contribution < -0.4 is 5.32 Å². The fourth-order valence-corrected chi connectivity index (χ4v) is 3.92. The van der Waals surface area contributed by atoms with Crippen molar-refractivity contribution in [3.63, 3.8) is 0 Å². The molecule has 4 heteroatoms. The average Bonchev–Trinajstić information content (AvgIpc) is 2.80. The van der Waals surface area contributed by atoms with Crippen molar-refractivity contribution in [1.29, 1.82) is 0 Å². The van der Waals surface area contributed by atoms with Gasteiger partial charge in [-0.05, 0) is 51.5 Å². The fourth-order valence-electron chi connectivity index (χ4n) is 1.81. The maximum atomic E-state index is 3.62. The maximum absolute atomic E-state index is 3.62. The first-order valence-electron chi connectivity index (χ1n) is 5.83. The Morgan fingerprint density at radius 1 is 1.17 bits per heavy atom. The Kier molecular flexibility index (Phi) is 4.87. The van der Waals surface area contributed by atoms with Gasteiger partial charge in [0.05, 0.1) is 6.04 Å². The number of hydrogen-bond acceptors (Lipinski definition) is 2. The van der Waals surface area contributed by atoms with Crippen molar-refractivity contribution in [2.75, 3.05) is 5.32 Å². The second-order valence-electron chi connectivity index (χ2n) is 4.51. The average molecular weight is 389 g/mol. The molecule has 1 heterocycles. The number of thiophene rings is 1. The molecule has 0 aliphatic heterocycles. The van der Waals surface area contributed by atoms with Crippen LogP contribution in [0.25, 0.3) is 0 Å². The zero-order chi connectivity index (χ0) is 13.1. The van der Waals surface area contributed by atoms with E-state index < -0.39 is 0 Å². The number of halogens is 2. The largest absolute Gasteiger partial charge is 0.376 e. The van der Waals surface area contributed by atoms with Gasteiger partial charge in [0, 0.05) is 19.5 Å². The fraction of sp³-hybridized carbons (Fsp3) is 0.286. The first-order valence-corrected chi connectivity index (χ1v) is 8.29. The molecule has 1 aromatic heterocycles. The third-order valence-electron chi connectivity index (χ3n) is 2.76. The molecule has 1 unspecified atom stereocenters. The summed E-state index contributed by atoms with van der Waals surface area (Å²) >= 11 is 8.87. The minimum Gasteiger partial charge on any atom is -0.376 e. The maximum Gasteiger partial charge on any atom is 0.0629 e. The van der Waals surface area contributed by atoms with Gasteiger partial charge in [-0.3, -0.25) is 0 Å². The van der Waals surface area contributed by atoms with Gasteiger partial charge in [0.25, 0.3) is 0 Å². The Morgan fingerprint density at radius 3 is 2.50 bits per heavy atom. The molecule has 2 aromatic rings. The summed E-state index contributed by atoms with van der Waals surface area (Å²) < 4.78 is 2.16. The summed E-state index contributed by atoms with van der Waals surface area (Å²) in [5.41, 5.74) is 1.13. The molecule has 1 N–H and O–H groups in total. The molecule has 1 nitrogen and oxygen atoms in total. The second-order valence-corrected chi connectivity index (χ2v) is 7.25. The SMILES string of the molecule is CC(C)C(Nc1ccc(Br)cc1Br)c1cccs1. The zero-order valence-electron chi connectivity index (χ0n) is 10.3. The summed E-state index contributed by atoms with van der Waals surface area (Å²) in [4.78, 5) is 1.37. The van der Waals surface area contributed by atoms with Crippen molar-refractivity contribution in [3.05, 3.63) is 49.5 Å². The quantitative estimate of drug-likeness (QED) is 0.668. The van der Waals surface area contributed by atoms with Gasteiger partial charge in [0.15, 0.2) is 0 Å². The Morgan fingerprint density at radius 2 is 1.94 bits per heavy atom. The van der Waals surface area contributed by atoms with Crippen molar-refractivity contribution in [3.8, 4) is 0 Å². The molecule has 0 aliphatic carbocycles. The molecular formula is C14H15Br2NS. The molecule has 0 radical (unpaired) electrons. The lowest BCUT2D eigenvalue weighted by molar-refractivity contribution is 0.553. The molecule has 2 rings (SSSR count). The van der Waals surface area contributed by atoms with Crippen molar-refractivity contribution in [2.24, 2.45) is 5.92 Å². The van der Waals surface area contributed by atoms with Crippen LogP contribution >= 0.6 is 43.2 Å². The van der Waals surface area contributed by atoms with Gasteiger partial charge in [-0.2, -0.15) is 0 Å². The topological polar surface area (TPSA) is 12.0 Å². The van der Waals surface area contributed by atoms with E-state index in [1.807, 2.05) is 0 Å². The number of rotatable bonds is 4. The van der Waals surface area contributed by atoms with Gasteiger partial charge in [0.2, 0.25) is 0 Å². The van der Waals surface area contributed by atoms with Crippen molar-refractivity contribution >= 4 is 48.9 Å². The predicted molar refractivity (Wildman–Crippen MR) is 87.4 cm³/mol. The van der Waals surface area contributed by atoms with E-state index in [1.54, 1.807) is 11.3 Å². The highest BCUT2D eigenvalue weighted by Gasteiger charge is 2.17. The normalized spacial score (nSPS) is 12.7. The van der Waals surface area contributed by atoms with Gasteiger partial charge in [-0.15, -0.1) is 11.3 Å². The van der Waals surface area contributed by atoms with Gasteiger partial charge in [0.1, 0.15) is 0 Å². The van der Waals surface area contributed by atoms with Crippen molar-refractivity contribution in [1.82, 2.24) is 0 Å². The van der Waals surface area contributed by atoms with E-state index in [-0.39, 0.29) is 0 Å². The van der Waals surface area contributed by atoms with Gasteiger partial charge in [-0.1, -0.05) is 35.8 Å². The van der Waals surface area contributed by atoms with E-state index in [4.69, 9.17) is 0 Å². The highest BCUT2D eigenvalue weighted by atomic mass is 79.9. The summed E-state index contributed by atoms with van der Waals surface area (Å²) in [7, 11) is 0. The second kappa shape index (κ2) is 6.22. The van der Waals surface area contributed by atoms with E-state index in [9.17, 15) is 0 Å². The Balaban J connectivity index is 2.24. The predicted octanol–water partition coefficient (Wildman–Crippen LogP) is 6.08. The van der Waals surface area contributed by atoms with Crippen LogP contribution in [0.15, 0.2) is 44.7 Å². The molecule has 18 heavy (non-hydrogen) atoms. The van der Waals surface area contributed by atoms with Crippen molar-refractivity contribution < 1.29 is 0 Å². The molecule has 0 bridgehead atoms. The van der Waals surface area contributed by atoms with Crippen LogP contribution in [0, 0.1) is 5.92 Å². The highest BCUT2D eigenvalue weighted by Crippen LogP contribution is 2.33. The monoisotopic (exact) mass is 387 g/mol. The minimum absolute atomic E-state index is 0.350. The van der Waals surface area contributed by atoms with E-state index in [1.165, 1.54) is 4.88 Å². The lowest BCUT2D eigenvalue weighted by Gasteiger charge is -2.23. The lowest BCUT2D eigenvalue weighted by atomic mass is 10.0. The van der Waals surface area contributed by atoms with Crippen LogP contribution in [-0.4, -0.2) is 0 Å². The van der Waals surface area contributed by atoms with Crippen LogP contribution in [0.5, 0.6) is 0 Å². The molecule has 96 valence electrons. The first kappa shape index (κ1) is 14.1. The van der Waals surface area contributed by atoms with Crippen LogP contribution in [0.3, 0.4) is 0 Å². The molecule has 1 atom stereocenters. The summed E-state index contributed by atoms with van der Waals surface area (Å²) in [6, 6.07) is 10.9. The molecule has 0 spiro atoms. The third kappa shape index (κ3) is 3.37. The Labute approximate surface area is 129 Å². The molecule has 0 aliphatic rings. The first-order chi connectivity index (χ1) is 8.58. The zero-order valence-corrected chi connectivity index (χ0v) is 14.3. The number of anilines is 1. The van der Waals surface area contributed by atoms with Gasteiger partial charge in [-0.25, -0.2) is 0 Å². The molecule has 0 amide bonds. The smallest absolute Gasteiger partial charge is 0.0629 e. The Bertz CT molecular complexity index is 509. The highest BCUT2D eigenvalue weighted by molar-refractivity contribution is 9.11. The molecular weight excluding hydrogens is 374 g/mol.